The van der Waals surface area contributed by atoms with Crippen molar-refractivity contribution in [1.29, 1.82) is 0 Å². The van der Waals surface area contributed by atoms with E-state index in [-0.39, 0.29) is 17.4 Å². The average Bonchev–Trinajstić information content (AvgIpc) is 2.70. The van der Waals surface area contributed by atoms with Crippen molar-refractivity contribution in [1.82, 2.24) is 0 Å². The topological polar surface area (TPSA) is 87.4 Å². The van der Waals surface area contributed by atoms with Crippen LogP contribution in [0.1, 0.15) is 51.0 Å². The number of pyridine rings is 1. The van der Waals surface area contributed by atoms with Gasteiger partial charge in [-0.25, -0.2) is 8.42 Å². The molecule has 10 heteroatoms. The van der Waals surface area contributed by atoms with Crippen LogP contribution in [0.25, 0.3) is 0 Å². The summed E-state index contributed by atoms with van der Waals surface area (Å²) < 4.78 is 66.3. The predicted octanol–water partition coefficient (Wildman–Crippen LogP) is 2.51. The van der Waals surface area contributed by atoms with Crippen molar-refractivity contribution in [3.8, 4) is 0 Å². The van der Waals surface area contributed by atoms with E-state index in [1.807, 2.05) is 6.92 Å². The fraction of sp³-hybridized carbons (Fsp3) is 0.625. The Hall–Kier alpha value is -1.68. The fourth-order valence-corrected chi connectivity index (χ4v) is 3.03. The summed E-state index contributed by atoms with van der Waals surface area (Å²) in [7, 11) is -6.09. The molecule has 0 aliphatic carbocycles. The minimum atomic E-state index is -6.09. The molecule has 1 aliphatic heterocycles. The summed E-state index contributed by atoms with van der Waals surface area (Å²) in [6.07, 6.45) is 1.47. The van der Waals surface area contributed by atoms with Crippen molar-refractivity contribution in [2.75, 3.05) is 6.61 Å². The van der Waals surface area contributed by atoms with Crippen molar-refractivity contribution >= 4 is 16.1 Å². The molecule has 0 fully saturated rings. The number of halogens is 3. The van der Waals surface area contributed by atoms with Gasteiger partial charge in [-0.2, -0.15) is 17.7 Å². The normalized spacial score (nSPS) is 18.5. The molecule has 0 saturated heterocycles. The van der Waals surface area contributed by atoms with E-state index in [4.69, 9.17) is 17.7 Å². The van der Waals surface area contributed by atoms with Crippen LogP contribution in [0.3, 0.4) is 0 Å². The molecule has 148 valence electrons. The SMILES string of the molecule is CCOC(=O)CC1CC(C)(C)c2cccc(C)[n+]21.O=S(=O)([O-])C(F)(F)F. The highest BCUT2D eigenvalue weighted by Crippen LogP contribution is 2.37. The average molecular weight is 397 g/mol. The van der Waals surface area contributed by atoms with Crippen LogP contribution in [0, 0.1) is 6.92 Å². The molecule has 1 aromatic heterocycles. The highest BCUT2D eigenvalue weighted by Gasteiger charge is 2.46. The molecule has 6 nitrogen and oxygen atoms in total. The predicted molar refractivity (Wildman–Crippen MR) is 85.1 cm³/mol. The molecule has 0 aromatic carbocycles. The Kier molecular flexibility index (Phi) is 6.80. The number of carbonyl (C=O) groups is 1. The van der Waals surface area contributed by atoms with Crippen molar-refractivity contribution < 1.29 is 40.2 Å². The number of alkyl halides is 3. The van der Waals surface area contributed by atoms with Gasteiger partial charge >= 0.3 is 11.5 Å². The van der Waals surface area contributed by atoms with Crippen molar-refractivity contribution in [3.63, 3.8) is 0 Å². The zero-order valence-corrected chi connectivity index (χ0v) is 15.8. The molecule has 1 atom stereocenters. The molecule has 0 N–H and O–H groups in total. The first-order valence-electron chi connectivity index (χ1n) is 7.90. The number of hydrogen-bond donors (Lipinski definition) is 0. The maximum Gasteiger partial charge on any atom is 0.485 e. The van der Waals surface area contributed by atoms with E-state index in [0.29, 0.717) is 13.0 Å². The molecule has 1 aromatic rings. The number of fused-ring (bicyclic) bond motifs is 1. The summed E-state index contributed by atoms with van der Waals surface area (Å²) in [6, 6.07) is 6.59. The van der Waals surface area contributed by atoms with Gasteiger partial charge in [-0.15, -0.1) is 0 Å². The van der Waals surface area contributed by atoms with Crippen LogP contribution in [0.5, 0.6) is 0 Å². The first-order valence-corrected chi connectivity index (χ1v) is 9.31. The van der Waals surface area contributed by atoms with Gasteiger partial charge in [0.15, 0.2) is 27.5 Å². The van der Waals surface area contributed by atoms with E-state index in [9.17, 15) is 18.0 Å². The van der Waals surface area contributed by atoms with Crippen molar-refractivity contribution in [2.45, 2.75) is 57.5 Å². The third-order valence-corrected chi connectivity index (χ3v) is 4.59. The van der Waals surface area contributed by atoms with Gasteiger partial charge in [0.1, 0.15) is 6.42 Å². The Morgan fingerprint density at radius 1 is 1.38 bits per heavy atom. The van der Waals surface area contributed by atoms with Crippen LogP contribution in [-0.4, -0.2) is 31.1 Å². The largest absolute Gasteiger partial charge is 0.741 e. The monoisotopic (exact) mass is 397 g/mol. The molecule has 0 radical (unpaired) electrons. The lowest BCUT2D eigenvalue weighted by Gasteiger charge is -2.11. The molecule has 26 heavy (non-hydrogen) atoms. The Balaban J connectivity index is 0.000000359. The maximum absolute atomic E-state index is 11.7. The van der Waals surface area contributed by atoms with Gasteiger partial charge in [0, 0.05) is 25.5 Å². The van der Waals surface area contributed by atoms with Crippen LogP contribution in [0.15, 0.2) is 18.2 Å². The lowest BCUT2D eigenvalue weighted by Crippen LogP contribution is -2.42. The van der Waals surface area contributed by atoms with E-state index in [0.717, 1.165) is 6.42 Å². The summed E-state index contributed by atoms with van der Waals surface area (Å²) in [5.74, 6) is -0.0955. The smallest absolute Gasteiger partial charge is 0.485 e. The van der Waals surface area contributed by atoms with Gasteiger partial charge < -0.3 is 9.29 Å². The lowest BCUT2D eigenvalue weighted by molar-refractivity contribution is -0.721. The van der Waals surface area contributed by atoms with E-state index in [1.54, 1.807) is 0 Å². The van der Waals surface area contributed by atoms with Gasteiger partial charge in [0.05, 0.1) is 12.0 Å². The van der Waals surface area contributed by atoms with E-state index in [1.165, 1.54) is 11.4 Å². The Morgan fingerprint density at radius 3 is 2.38 bits per heavy atom. The standard InChI is InChI=1S/C15H22NO2.CHF3O3S/c1-5-18-14(17)9-12-10-15(3,4)13-8-6-7-11(2)16(12)13;2-1(3,4)8(5,6)7/h6-8,12H,5,9-10H2,1-4H3;(H,5,6,7)/q+1;/p-1. The number of carbonyl (C=O) groups excluding carboxylic acids is 1. The molecule has 0 bridgehead atoms. The third-order valence-electron chi connectivity index (χ3n) is 4.03. The Labute approximate surface area is 150 Å². The molecular weight excluding hydrogens is 375 g/mol. The highest BCUT2D eigenvalue weighted by molar-refractivity contribution is 7.86. The van der Waals surface area contributed by atoms with Gasteiger partial charge in [-0.1, -0.05) is 0 Å². The van der Waals surface area contributed by atoms with Crippen LogP contribution in [0.2, 0.25) is 0 Å². The van der Waals surface area contributed by atoms with Gasteiger partial charge in [-0.05, 0) is 26.8 Å². The minimum Gasteiger partial charge on any atom is -0.741 e. The second-order valence-electron chi connectivity index (χ2n) is 6.57. The zero-order valence-electron chi connectivity index (χ0n) is 15.0. The second kappa shape index (κ2) is 7.91. The highest BCUT2D eigenvalue weighted by atomic mass is 32.2. The van der Waals surface area contributed by atoms with Gasteiger partial charge in [-0.3, -0.25) is 4.79 Å². The minimum absolute atomic E-state index is 0.0955. The van der Waals surface area contributed by atoms with Crippen LogP contribution < -0.4 is 4.57 Å². The van der Waals surface area contributed by atoms with Gasteiger partial charge in [0.2, 0.25) is 0 Å². The van der Waals surface area contributed by atoms with Crippen LogP contribution >= 0.6 is 0 Å². The molecule has 2 rings (SSSR count). The van der Waals surface area contributed by atoms with Crippen LogP contribution in [0.4, 0.5) is 13.2 Å². The first kappa shape index (κ1) is 22.4. The Morgan fingerprint density at radius 2 is 1.92 bits per heavy atom. The summed E-state index contributed by atoms with van der Waals surface area (Å²) >= 11 is 0. The number of ether oxygens (including phenoxy) is 1. The van der Waals surface area contributed by atoms with E-state index < -0.39 is 15.6 Å². The second-order valence-corrected chi connectivity index (χ2v) is 7.94. The molecule has 0 amide bonds. The number of aryl methyl sites for hydroxylation is 1. The number of hydrogen-bond acceptors (Lipinski definition) is 5. The van der Waals surface area contributed by atoms with Crippen molar-refractivity contribution in [3.05, 3.63) is 29.6 Å². The molecule has 1 aliphatic rings. The molecule has 0 spiro atoms. The zero-order chi connectivity index (χ0) is 20.3. The van der Waals surface area contributed by atoms with Crippen LogP contribution in [-0.2, 0) is 25.1 Å². The molecular formula is C16H22F3NO5S. The first-order chi connectivity index (χ1) is 11.7. The van der Waals surface area contributed by atoms with Crippen molar-refractivity contribution in [2.24, 2.45) is 0 Å². The number of aromatic nitrogens is 1. The number of rotatable bonds is 3. The molecule has 0 saturated carbocycles. The summed E-state index contributed by atoms with van der Waals surface area (Å²) in [4.78, 5) is 11.7. The molecule has 1 unspecified atom stereocenters. The summed E-state index contributed by atoms with van der Waals surface area (Å²) in [6.45, 7) is 8.89. The summed E-state index contributed by atoms with van der Waals surface area (Å²) in [5, 5.41) is 0. The van der Waals surface area contributed by atoms with E-state index >= 15 is 0 Å². The number of nitrogens with zero attached hydrogens (tertiary/aromatic N) is 1. The number of esters is 1. The van der Waals surface area contributed by atoms with E-state index in [2.05, 4.69) is 43.5 Å². The maximum atomic E-state index is 11.7. The van der Waals surface area contributed by atoms with Gasteiger partial charge in [0.25, 0.3) is 0 Å². The summed E-state index contributed by atoms with van der Waals surface area (Å²) in [5.41, 5.74) is -2.99. The Bertz CT molecular complexity index is 760. The fourth-order valence-electron chi connectivity index (χ4n) is 3.03. The molecule has 2 heterocycles. The lowest BCUT2D eigenvalue weighted by atomic mass is 9.86. The quantitative estimate of drug-likeness (QED) is 0.339. The third kappa shape index (κ3) is 5.41.